The standard InChI is InChI=1S/C13H16N4O3S/c1-4-20-11-9(6-5-7-10(11)17(18)19)13-16-15-12(21-13)8(2)14-3/h5-8,14H,4H2,1-3H3. The molecule has 2 rings (SSSR count). The van der Waals surface area contributed by atoms with Crippen LogP contribution in [-0.4, -0.2) is 28.8 Å². The van der Waals surface area contributed by atoms with Crippen LogP contribution < -0.4 is 10.1 Å². The normalized spacial score (nSPS) is 12.1. The van der Waals surface area contributed by atoms with Crippen LogP contribution in [0, 0.1) is 10.1 Å². The van der Waals surface area contributed by atoms with Crippen molar-refractivity contribution in [3.63, 3.8) is 0 Å². The van der Waals surface area contributed by atoms with Gasteiger partial charge in [-0.05, 0) is 27.0 Å². The zero-order valence-corrected chi connectivity index (χ0v) is 12.8. The van der Waals surface area contributed by atoms with Crippen molar-refractivity contribution in [1.82, 2.24) is 15.5 Å². The summed E-state index contributed by atoms with van der Waals surface area (Å²) in [5.74, 6) is 0.241. The van der Waals surface area contributed by atoms with E-state index in [-0.39, 0.29) is 17.5 Å². The van der Waals surface area contributed by atoms with Crippen molar-refractivity contribution in [3.8, 4) is 16.3 Å². The Bertz CT molecular complexity index is 644. The molecule has 0 aliphatic carbocycles. The number of ether oxygens (including phenoxy) is 1. The van der Waals surface area contributed by atoms with E-state index in [2.05, 4.69) is 15.5 Å². The Balaban J connectivity index is 2.50. The second-order valence-electron chi connectivity index (χ2n) is 4.30. The number of nitrogens with one attached hydrogen (secondary N) is 1. The predicted octanol–water partition coefficient (Wildman–Crippen LogP) is 2.79. The van der Waals surface area contributed by atoms with Gasteiger partial charge in [0.15, 0.2) is 5.01 Å². The van der Waals surface area contributed by atoms with Crippen molar-refractivity contribution >= 4 is 17.0 Å². The van der Waals surface area contributed by atoms with Crippen LogP contribution in [0.1, 0.15) is 24.9 Å². The van der Waals surface area contributed by atoms with E-state index in [1.807, 2.05) is 14.0 Å². The lowest BCUT2D eigenvalue weighted by Gasteiger charge is -2.08. The van der Waals surface area contributed by atoms with Crippen molar-refractivity contribution in [2.75, 3.05) is 13.7 Å². The first-order chi connectivity index (χ1) is 10.1. The zero-order chi connectivity index (χ0) is 15.4. The second-order valence-corrected chi connectivity index (χ2v) is 5.31. The molecule has 0 saturated heterocycles. The highest BCUT2D eigenvalue weighted by Crippen LogP contribution is 2.39. The maximum atomic E-state index is 11.1. The highest BCUT2D eigenvalue weighted by atomic mass is 32.1. The summed E-state index contributed by atoms with van der Waals surface area (Å²) < 4.78 is 5.46. The minimum atomic E-state index is -0.452. The van der Waals surface area contributed by atoms with Crippen LogP contribution in [0.5, 0.6) is 5.75 Å². The fourth-order valence-corrected chi connectivity index (χ4v) is 2.70. The summed E-state index contributed by atoms with van der Waals surface area (Å²) >= 11 is 1.39. The number of benzene rings is 1. The number of rotatable bonds is 6. The molecule has 0 bridgehead atoms. The number of hydrogen-bond donors (Lipinski definition) is 1. The molecule has 21 heavy (non-hydrogen) atoms. The van der Waals surface area contributed by atoms with Gasteiger partial charge in [0.2, 0.25) is 5.75 Å². The lowest BCUT2D eigenvalue weighted by Crippen LogP contribution is -2.11. The van der Waals surface area contributed by atoms with Gasteiger partial charge in [-0.15, -0.1) is 10.2 Å². The molecule has 1 N–H and O–H groups in total. The summed E-state index contributed by atoms with van der Waals surface area (Å²) in [4.78, 5) is 10.7. The SMILES string of the molecule is CCOc1c(-c2nnc(C(C)NC)s2)cccc1[N+](=O)[O-]. The summed E-state index contributed by atoms with van der Waals surface area (Å²) in [6.07, 6.45) is 0. The molecule has 2 aromatic rings. The summed E-state index contributed by atoms with van der Waals surface area (Å²) in [5.41, 5.74) is 0.533. The van der Waals surface area contributed by atoms with Crippen LogP contribution in [0.3, 0.4) is 0 Å². The minimum absolute atomic E-state index is 0.0623. The summed E-state index contributed by atoms with van der Waals surface area (Å²) in [6.45, 7) is 4.10. The third kappa shape index (κ3) is 3.17. The van der Waals surface area contributed by atoms with Crippen LogP contribution in [0.4, 0.5) is 5.69 Å². The molecule has 112 valence electrons. The van der Waals surface area contributed by atoms with Crippen molar-refractivity contribution in [1.29, 1.82) is 0 Å². The van der Waals surface area contributed by atoms with E-state index in [9.17, 15) is 10.1 Å². The van der Waals surface area contributed by atoms with Gasteiger partial charge in [-0.3, -0.25) is 10.1 Å². The average molecular weight is 308 g/mol. The Labute approximate surface area is 126 Å². The molecule has 1 atom stereocenters. The molecule has 8 heteroatoms. The molecule has 0 aliphatic rings. The molecule has 0 amide bonds. The number of hydrogen-bond acceptors (Lipinski definition) is 7. The Morgan fingerprint density at radius 2 is 2.24 bits per heavy atom. The highest BCUT2D eigenvalue weighted by Gasteiger charge is 2.22. The maximum absolute atomic E-state index is 11.1. The average Bonchev–Trinajstić information content (AvgIpc) is 2.96. The molecule has 1 aromatic carbocycles. The third-order valence-corrected chi connectivity index (χ3v) is 4.09. The smallest absolute Gasteiger partial charge is 0.311 e. The van der Waals surface area contributed by atoms with E-state index >= 15 is 0 Å². The monoisotopic (exact) mass is 308 g/mol. The molecule has 0 fully saturated rings. The molecular weight excluding hydrogens is 292 g/mol. The Hall–Kier alpha value is -2.06. The van der Waals surface area contributed by atoms with E-state index in [1.54, 1.807) is 19.1 Å². The van der Waals surface area contributed by atoms with Gasteiger partial charge in [-0.25, -0.2) is 0 Å². The molecule has 7 nitrogen and oxygen atoms in total. The first kappa shape index (κ1) is 15.3. The molecule has 1 unspecified atom stereocenters. The fraction of sp³-hybridized carbons (Fsp3) is 0.385. The van der Waals surface area contributed by atoms with E-state index in [0.717, 1.165) is 5.01 Å². The topological polar surface area (TPSA) is 90.2 Å². The Kier molecular flexibility index (Phi) is 4.81. The number of aromatic nitrogens is 2. The van der Waals surface area contributed by atoms with Crippen LogP contribution in [0.25, 0.3) is 10.6 Å². The highest BCUT2D eigenvalue weighted by molar-refractivity contribution is 7.14. The van der Waals surface area contributed by atoms with Gasteiger partial charge in [0.05, 0.1) is 23.1 Å². The van der Waals surface area contributed by atoms with Gasteiger partial charge in [0, 0.05) is 6.07 Å². The van der Waals surface area contributed by atoms with Gasteiger partial charge in [0.1, 0.15) is 5.01 Å². The van der Waals surface area contributed by atoms with Crippen molar-refractivity contribution < 1.29 is 9.66 Å². The molecule has 0 aliphatic heterocycles. The Morgan fingerprint density at radius 3 is 2.86 bits per heavy atom. The first-order valence-corrected chi connectivity index (χ1v) is 7.31. The van der Waals surface area contributed by atoms with Crippen LogP contribution in [0.15, 0.2) is 18.2 Å². The molecular formula is C13H16N4O3S. The van der Waals surface area contributed by atoms with E-state index in [0.29, 0.717) is 17.2 Å². The largest absolute Gasteiger partial charge is 0.487 e. The number of nitro benzene ring substituents is 1. The van der Waals surface area contributed by atoms with Crippen LogP contribution >= 0.6 is 11.3 Å². The number of para-hydroxylation sites is 1. The van der Waals surface area contributed by atoms with Crippen LogP contribution in [-0.2, 0) is 0 Å². The molecule has 1 heterocycles. The number of nitrogens with zero attached hydrogens (tertiary/aromatic N) is 3. The minimum Gasteiger partial charge on any atom is -0.487 e. The molecule has 1 aromatic heterocycles. The summed E-state index contributed by atoms with van der Waals surface area (Å²) in [5, 5.41) is 23.9. The molecule has 0 spiro atoms. The Morgan fingerprint density at radius 1 is 1.48 bits per heavy atom. The van der Waals surface area contributed by atoms with Gasteiger partial charge in [0.25, 0.3) is 0 Å². The predicted molar refractivity (Wildman–Crippen MR) is 80.6 cm³/mol. The van der Waals surface area contributed by atoms with Crippen molar-refractivity contribution in [3.05, 3.63) is 33.3 Å². The lowest BCUT2D eigenvalue weighted by molar-refractivity contribution is -0.385. The number of nitro groups is 1. The molecule has 0 saturated carbocycles. The third-order valence-electron chi connectivity index (χ3n) is 2.95. The van der Waals surface area contributed by atoms with Crippen LogP contribution in [0.2, 0.25) is 0 Å². The lowest BCUT2D eigenvalue weighted by atomic mass is 10.2. The second kappa shape index (κ2) is 6.59. The first-order valence-electron chi connectivity index (χ1n) is 6.49. The van der Waals surface area contributed by atoms with Crippen molar-refractivity contribution in [2.45, 2.75) is 19.9 Å². The summed E-state index contributed by atoms with van der Waals surface area (Å²) in [7, 11) is 1.84. The quantitative estimate of drug-likeness (QED) is 0.652. The van der Waals surface area contributed by atoms with Gasteiger partial charge in [-0.1, -0.05) is 17.4 Å². The van der Waals surface area contributed by atoms with Gasteiger partial charge >= 0.3 is 5.69 Å². The fourth-order valence-electron chi connectivity index (χ4n) is 1.77. The van der Waals surface area contributed by atoms with Gasteiger partial charge < -0.3 is 10.1 Å². The van der Waals surface area contributed by atoms with E-state index in [1.165, 1.54) is 17.4 Å². The summed E-state index contributed by atoms with van der Waals surface area (Å²) in [6, 6.07) is 4.88. The molecule has 0 radical (unpaired) electrons. The van der Waals surface area contributed by atoms with Gasteiger partial charge in [-0.2, -0.15) is 0 Å². The van der Waals surface area contributed by atoms with E-state index < -0.39 is 4.92 Å². The van der Waals surface area contributed by atoms with E-state index in [4.69, 9.17) is 4.74 Å². The maximum Gasteiger partial charge on any atom is 0.311 e. The zero-order valence-electron chi connectivity index (χ0n) is 12.0. The van der Waals surface area contributed by atoms with Crippen molar-refractivity contribution in [2.24, 2.45) is 0 Å².